The summed E-state index contributed by atoms with van der Waals surface area (Å²) in [6.45, 7) is 4.92. The minimum atomic E-state index is -0.677. The summed E-state index contributed by atoms with van der Waals surface area (Å²) >= 11 is 3.36. The maximum Gasteiger partial charge on any atom is 0.325 e. The van der Waals surface area contributed by atoms with Crippen molar-refractivity contribution in [3.63, 3.8) is 0 Å². The Bertz CT molecular complexity index is 845. The third-order valence-corrected chi connectivity index (χ3v) is 4.52. The molecule has 0 fully saturated rings. The molecule has 0 aliphatic rings. The molecule has 0 aliphatic heterocycles. The molecule has 1 atom stereocenters. The molecule has 7 heteroatoms. The Morgan fingerprint density at radius 2 is 1.64 bits per heavy atom. The van der Waals surface area contributed by atoms with E-state index in [1.165, 1.54) is 0 Å². The molecular formula is C21H23BrN2O4. The average Bonchev–Trinajstić information content (AvgIpc) is 2.64. The molecule has 2 aromatic rings. The molecule has 6 nitrogen and oxygen atoms in total. The number of rotatable bonds is 7. The smallest absolute Gasteiger partial charge is 0.325 e. The Morgan fingerprint density at radius 3 is 2.25 bits per heavy atom. The number of ether oxygens (including phenoxy) is 1. The maximum atomic E-state index is 12.1. The number of esters is 1. The molecule has 0 aliphatic carbocycles. The molecule has 0 radical (unpaired) electrons. The van der Waals surface area contributed by atoms with Gasteiger partial charge in [0, 0.05) is 10.0 Å². The second kappa shape index (κ2) is 10.0. The van der Waals surface area contributed by atoms with Crippen LogP contribution >= 0.6 is 15.9 Å². The van der Waals surface area contributed by atoms with Gasteiger partial charge in [-0.15, -0.1) is 0 Å². The number of nitrogens with one attached hydrogen (secondary N) is 2. The highest BCUT2D eigenvalue weighted by Crippen LogP contribution is 2.16. The van der Waals surface area contributed by atoms with E-state index in [1.54, 1.807) is 12.1 Å². The lowest BCUT2D eigenvalue weighted by molar-refractivity contribution is -0.147. The zero-order valence-electron chi connectivity index (χ0n) is 16.0. The van der Waals surface area contributed by atoms with E-state index in [1.807, 2.05) is 51.1 Å². The first kappa shape index (κ1) is 21.6. The molecule has 0 saturated carbocycles. The number of carbonyl (C=O) groups is 3. The van der Waals surface area contributed by atoms with Gasteiger partial charge in [-0.2, -0.15) is 0 Å². The molecule has 1 unspecified atom stereocenters. The standard InChI is InChI=1S/C21H23BrN2O4/c1-13-8-14(2)10-17(9-13)21(27)23-11-20(26)28-12-19(25)24-15(3)16-4-6-18(22)7-5-16/h4-10,15H,11-12H2,1-3H3,(H,23,27)(H,24,25). The SMILES string of the molecule is Cc1cc(C)cc(C(=O)NCC(=O)OCC(=O)NC(C)c2ccc(Br)cc2)c1. The maximum absolute atomic E-state index is 12.1. The predicted molar refractivity (Wildman–Crippen MR) is 110 cm³/mol. The van der Waals surface area contributed by atoms with Gasteiger partial charge in [-0.05, 0) is 50.6 Å². The largest absolute Gasteiger partial charge is 0.454 e. The van der Waals surface area contributed by atoms with E-state index in [-0.39, 0.29) is 18.5 Å². The van der Waals surface area contributed by atoms with Crippen LogP contribution in [0.2, 0.25) is 0 Å². The topological polar surface area (TPSA) is 84.5 Å². The summed E-state index contributed by atoms with van der Waals surface area (Å²) in [7, 11) is 0. The van der Waals surface area contributed by atoms with E-state index < -0.39 is 18.5 Å². The minimum absolute atomic E-state index is 0.219. The van der Waals surface area contributed by atoms with E-state index >= 15 is 0 Å². The van der Waals surface area contributed by atoms with Crippen molar-refractivity contribution in [2.75, 3.05) is 13.2 Å². The van der Waals surface area contributed by atoms with Crippen molar-refractivity contribution in [1.29, 1.82) is 0 Å². The van der Waals surface area contributed by atoms with Crippen molar-refractivity contribution in [3.8, 4) is 0 Å². The number of hydrogen-bond donors (Lipinski definition) is 2. The summed E-state index contributed by atoms with van der Waals surface area (Å²) in [5, 5.41) is 5.25. The fraction of sp³-hybridized carbons (Fsp3) is 0.286. The average molecular weight is 447 g/mol. The van der Waals surface area contributed by atoms with Gasteiger partial charge in [-0.1, -0.05) is 45.3 Å². The van der Waals surface area contributed by atoms with Crippen LogP contribution in [-0.4, -0.2) is 30.9 Å². The summed E-state index contributed by atoms with van der Waals surface area (Å²) in [5.74, 6) is -1.45. The van der Waals surface area contributed by atoms with Crippen LogP contribution in [0.25, 0.3) is 0 Å². The second-order valence-electron chi connectivity index (χ2n) is 6.56. The van der Waals surface area contributed by atoms with Crippen LogP contribution in [0.15, 0.2) is 46.9 Å². The van der Waals surface area contributed by atoms with Gasteiger partial charge in [-0.25, -0.2) is 0 Å². The Kier molecular flexibility index (Phi) is 7.75. The molecule has 0 aromatic heterocycles. The van der Waals surface area contributed by atoms with Crippen LogP contribution in [-0.2, 0) is 14.3 Å². The molecule has 0 bridgehead atoms. The Morgan fingerprint density at radius 1 is 1.04 bits per heavy atom. The van der Waals surface area contributed by atoms with Crippen LogP contribution < -0.4 is 10.6 Å². The molecule has 2 aromatic carbocycles. The second-order valence-corrected chi connectivity index (χ2v) is 7.48. The molecule has 2 N–H and O–H groups in total. The third-order valence-electron chi connectivity index (χ3n) is 3.99. The van der Waals surface area contributed by atoms with Crippen LogP contribution in [0.1, 0.15) is 40.0 Å². The zero-order chi connectivity index (χ0) is 20.7. The van der Waals surface area contributed by atoms with Crippen molar-refractivity contribution >= 4 is 33.7 Å². The van der Waals surface area contributed by atoms with Gasteiger partial charge in [-0.3, -0.25) is 14.4 Å². The number of amides is 2. The fourth-order valence-electron chi connectivity index (χ4n) is 2.68. The third kappa shape index (κ3) is 6.81. The monoisotopic (exact) mass is 446 g/mol. The van der Waals surface area contributed by atoms with Crippen molar-refractivity contribution < 1.29 is 19.1 Å². The number of halogens is 1. The van der Waals surface area contributed by atoms with Gasteiger partial charge >= 0.3 is 5.97 Å². The lowest BCUT2D eigenvalue weighted by Gasteiger charge is -2.14. The first-order valence-corrected chi connectivity index (χ1v) is 9.61. The van der Waals surface area contributed by atoms with Crippen LogP contribution in [0.5, 0.6) is 0 Å². The van der Waals surface area contributed by atoms with Gasteiger partial charge < -0.3 is 15.4 Å². The quantitative estimate of drug-likeness (QED) is 0.639. The Balaban J connectivity index is 1.74. The molecule has 2 amide bonds. The van der Waals surface area contributed by atoms with Crippen molar-refractivity contribution in [2.24, 2.45) is 0 Å². The lowest BCUT2D eigenvalue weighted by Crippen LogP contribution is -2.34. The van der Waals surface area contributed by atoms with Crippen LogP contribution in [0, 0.1) is 13.8 Å². The fourth-order valence-corrected chi connectivity index (χ4v) is 2.94. The molecule has 28 heavy (non-hydrogen) atoms. The summed E-state index contributed by atoms with van der Waals surface area (Å²) in [6, 6.07) is 12.8. The molecule has 2 rings (SSSR count). The molecule has 148 valence electrons. The molecular weight excluding hydrogens is 424 g/mol. The first-order valence-electron chi connectivity index (χ1n) is 8.81. The van der Waals surface area contributed by atoms with Crippen LogP contribution in [0.3, 0.4) is 0 Å². The number of aryl methyl sites for hydroxylation is 2. The summed E-state index contributed by atoms with van der Waals surface area (Å²) in [5.41, 5.74) is 3.34. The minimum Gasteiger partial charge on any atom is -0.454 e. The predicted octanol–water partition coefficient (Wildman–Crippen LogP) is 3.22. The van der Waals surface area contributed by atoms with Gasteiger partial charge in [0.15, 0.2) is 6.61 Å². The highest BCUT2D eigenvalue weighted by molar-refractivity contribution is 9.10. The van der Waals surface area contributed by atoms with Crippen molar-refractivity contribution in [3.05, 3.63) is 69.2 Å². The Labute approximate surface area is 172 Å². The van der Waals surface area contributed by atoms with Crippen molar-refractivity contribution in [2.45, 2.75) is 26.8 Å². The summed E-state index contributed by atoms with van der Waals surface area (Å²) in [4.78, 5) is 35.9. The normalized spacial score (nSPS) is 11.4. The van der Waals surface area contributed by atoms with Crippen molar-refractivity contribution in [1.82, 2.24) is 10.6 Å². The van der Waals surface area contributed by atoms with E-state index in [2.05, 4.69) is 26.6 Å². The van der Waals surface area contributed by atoms with Gasteiger partial charge in [0.1, 0.15) is 6.54 Å². The van der Waals surface area contributed by atoms with Gasteiger partial charge in [0.2, 0.25) is 0 Å². The number of carbonyl (C=O) groups excluding carboxylic acids is 3. The van der Waals surface area contributed by atoms with E-state index in [0.29, 0.717) is 5.56 Å². The highest BCUT2D eigenvalue weighted by atomic mass is 79.9. The molecule has 0 heterocycles. The van der Waals surface area contributed by atoms with E-state index in [4.69, 9.17) is 4.74 Å². The van der Waals surface area contributed by atoms with E-state index in [9.17, 15) is 14.4 Å². The van der Waals surface area contributed by atoms with E-state index in [0.717, 1.165) is 21.2 Å². The number of benzene rings is 2. The van der Waals surface area contributed by atoms with Gasteiger partial charge in [0.25, 0.3) is 11.8 Å². The lowest BCUT2D eigenvalue weighted by atomic mass is 10.1. The highest BCUT2D eigenvalue weighted by Gasteiger charge is 2.13. The molecule has 0 saturated heterocycles. The van der Waals surface area contributed by atoms with Crippen LogP contribution in [0.4, 0.5) is 0 Å². The first-order chi connectivity index (χ1) is 13.2. The summed E-state index contributed by atoms with van der Waals surface area (Å²) < 4.78 is 5.87. The molecule has 0 spiro atoms. The zero-order valence-corrected chi connectivity index (χ0v) is 17.6. The summed E-state index contributed by atoms with van der Waals surface area (Å²) in [6.07, 6.45) is 0. The number of hydrogen-bond acceptors (Lipinski definition) is 4. The Hall–Kier alpha value is -2.67. The van der Waals surface area contributed by atoms with Gasteiger partial charge in [0.05, 0.1) is 6.04 Å².